The van der Waals surface area contributed by atoms with E-state index < -0.39 is 6.10 Å². The van der Waals surface area contributed by atoms with Gasteiger partial charge >= 0.3 is 0 Å². The fourth-order valence-electron chi connectivity index (χ4n) is 2.14. The van der Waals surface area contributed by atoms with Gasteiger partial charge in [-0.1, -0.05) is 35.9 Å². The van der Waals surface area contributed by atoms with Crippen LogP contribution in [0.5, 0.6) is 5.75 Å². The van der Waals surface area contributed by atoms with Crippen molar-refractivity contribution in [2.24, 2.45) is 0 Å². The van der Waals surface area contributed by atoms with Gasteiger partial charge in [-0.2, -0.15) is 0 Å². The van der Waals surface area contributed by atoms with Gasteiger partial charge in [-0.15, -0.1) is 0 Å². The third-order valence-corrected chi connectivity index (χ3v) is 3.77. The topological polar surface area (TPSA) is 49.8 Å². The highest BCUT2D eigenvalue weighted by atomic mass is 16.5. The fraction of sp³-hybridized carbons (Fsp3) is 0.316. The van der Waals surface area contributed by atoms with Crippen LogP contribution in [-0.4, -0.2) is 36.1 Å². The molecule has 0 saturated carbocycles. The van der Waals surface area contributed by atoms with Gasteiger partial charge in [-0.3, -0.25) is 4.79 Å². The van der Waals surface area contributed by atoms with Crippen LogP contribution in [0.25, 0.3) is 0 Å². The van der Waals surface area contributed by atoms with Gasteiger partial charge in [0.05, 0.1) is 0 Å². The molecule has 2 aromatic carbocycles. The van der Waals surface area contributed by atoms with E-state index in [1.54, 1.807) is 36.2 Å². The van der Waals surface area contributed by atoms with Crippen molar-refractivity contribution in [1.29, 1.82) is 0 Å². The van der Waals surface area contributed by atoms with E-state index in [4.69, 9.17) is 4.74 Å². The summed E-state index contributed by atoms with van der Waals surface area (Å²) in [6, 6.07) is 14.7. The second kappa shape index (κ2) is 7.79. The monoisotopic (exact) mass is 313 g/mol. The minimum atomic E-state index is -0.701. The Bertz CT molecular complexity index is 652. The van der Waals surface area contributed by atoms with E-state index in [9.17, 15) is 9.90 Å². The lowest BCUT2D eigenvalue weighted by atomic mass is 10.1. The molecular weight excluding hydrogens is 290 g/mol. The number of aliphatic hydroxyl groups is 1. The Morgan fingerprint density at radius 3 is 2.57 bits per heavy atom. The van der Waals surface area contributed by atoms with E-state index in [1.165, 1.54) is 0 Å². The molecule has 0 bridgehead atoms. The number of aryl methyl sites for hydroxylation is 1. The number of amides is 1. The van der Waals surface area contributed by atoms with Crippen LogP contribution >= 0.6 is 0 Å². The molecule has 4 heteroatoms. The highest BCUT2D eigenvalue weighted by molar-refractivity contribution is 5.94. The quantitative estimate of drug-likeness (QED) is 0.891. The van der Waals surface area contributed by atoms with Crippen molar-refractivity contribution in [2.75, 3.05) is 20.2 Å². The molecule has 0 heterocycles. The van der Waals surface area contributed by atoms with E-state index in [0.29, 0.717) is 17.9 Å². The zero-order chi connectivity index (χ0) is 16.8. The minimum absolute atomic E-state index is 0.0444. The van der Waals surface area contributed by atoms with Crippen LogP contribution in [0.1, 0.15) is 34.5 Å². The molecule has 122 valence electrons. The number of hydrogen-bond donors (Lipinski definition) is 1. The first-order chi connectivity index (χ1) is 11.0. The van der Waals surface area contributed by atoms with Crippen LogP contribution in [0, 0.1) is 6.92 Å². The smallest absolute Gasteiger partial charge is 0.253 e. The summed E-state index contributed by atoms with van der Waals surface area (Å²) in [5.41, 5.74) is 2.54. The average molecular weight is 313 g/mol. The van der Waals surface area contributed by atoms with Gasteiger partial charge in [0.25, 0.3) is 5.91 Å². The molecule has 0 fully saturated rings. The average Bonchev–Trinajstić information content (AvgIpc) is 2.59. The van der Waals surface area contributed by atoms with Crippen molar-refractivity contribution in [1.82, 2.24) is 4.90 Å². The van der Waals surface area contributed by atoms with Crippen LogP contribution in [0.2, 0.25) is 0 Å². The maximum Gasteiger partial charge on any atom is 0.253 e. The van der Waals surface area contributed by atoms with Gasteiger partial charge in [-0.05, 0) is 37.6 Å². The Labute approximate surface area is 137 Å². The van der Waals surface area contributed by atoms with Gasteiger partial charge in [0, 0.05) is 19.2 Å². The van der Waals surface area contributed by atoms with Gasteiger partial charge in [0.1, 0.15) is 18.5 Å². The third-order valence-electron chi connectivity index (χ3n) is 3.77. The van der Waals surface area contributed by atoms with E-state index in [1.807, 2.05) is 38.1 Å². The number of ether oxygens (including phenoxy) is 1. The van der Waals surface area contributed by atoms with Crippen molar-refractivity contribution < 1.29 is 14.6 Å². The maximum absolute atomic E-state index is 12.1. The number of benzene rings is 2. The largest absolute Gasteiger partial charge is 0.491 e. The molecule has 1 amide bonds. The maximum atomic E-state index is 12.1. The molecule has 0 aliphatic heterocycles. The van der Waals surface area contributed by atoms with Gasteiger partial charge in [-0.25, -0.2) is 0 Å². The molecule has 1 N–H and O–H groups in total. The van der Waals surface area contributed by atoms with Gasteiger partial charge < -0.3 is 14.7 Å². The predicted octanol–water partition coefficient (Wildman–Crippen LogP) is 3.20. The summed E-state index contributed by atoms with van der Waals surface area (Å²) < 4.78 is 5.64. The van der Waals surface area contributed by atoms with E-state index in [-0.39, 0.29) is 12.5 Å². The van der Waals surface area contributed by atoms with E-state index in [0.717, 1.165) is 11.1 Å². The zero-order valence-electron chi connectivity index (χ0n) is 13.8. The summed E-state index contributed by atoms with van der Waals surface area (Å²) >= 11 is 0. The van der Waals surface area contributed by atoms with Crippen LogP contribution in [0.3, 0.4) is 0 Å². The zero-order valence-corrected chi connectivity index (χ0v) is 13.8. The molecule has 2 aromatic rings. The second-order valence-electron chi connectivity index (χ2n) is 5.58. The van der Waals surface area contributed by atoms with E-state index >= 15 is 0 Å². The first-order valence-electron chi connectivity index (χ1n) is 7.74. The van der Waals surface area contributed by atoms with E-state index in [2.05, 4.69) is 0 Å². The summed E-state index contributed by atoms with van der Waals surface area (Å²) in [5.74, 6) is 0.531. The van der Waals surface area contributed by atoms with Crippen LogP contribution in [0.15, 0.2) is 48.5 Å². The molecular formula is C19H23NO3. The minimum Gasteiger partial charge on any atom is -0.491 e. The number of nitrogens with zero attached hydrogens (tertiary/aromatic N) is 1. The Balaban J connectivity index is 2.00. The summed E-state index contributed by atoms with van der Waals surface area (Å²) in [6.07, 6.45) is -0.701. The number of hydrogen-bond acceptors (Lipinski definition) is 3. The molecule has 1 unspecified atom stereocenters. The predicted molar refractivity (Wildman–Crippen MR) is 90.7 cm³/mol. The molecule has 1 atom stereocenters. The van der Waals surface area contributed by atoms with Crippen LogP contribution < -0.4 is 4.74 Å². The Morgan fingerprint density at radius 1 is 1.22 bits per heavy atom. The van der Waals surface area contributed by atoms with Gasteiger partial charge in [0.15, 0.2) is 0 Å². The molecule has 2 rings (SSSR count). The molecule has 0 radical (unpaired) electrons. The molecule has 0 aromatic heterocycles. The number of carbonyl (C=O) groups excluding carboxylic acids is 1. The van der Waals surface area contributed by atoms with Crippen molar-refractivity contribution in [3.8, 4) is 5.75 Å². The lowest BCUT2D eigenvalue weighted by Gasteiger charge is -2.16. The first kappa shape index (κ1) is 17.0. The summed E-state index contributed by atoms with van der Waals surface area (Å²) in [5, 5.41) is 10.2. The molecule has 4 nitrogen and oxygen atoms in total. The van der Waals surface area contributed by atoms with Crippen molar-refractivity contribution >= 4 is 5.91 Å². The molecule has 0 saturated heterocycles. The molecule has 0 aliphatic rings. The highest BCUT2D eigenvalue weighted by Gasteiger charge is 2.12. The second-order valence-corrected chi connectivity index (χ2v) is 5.58. The number of carbonyl (C=O) groups is 1. The lowest BCUT2D eigenvalue weighted by molar-refractivity contribution is 0.0801. The highest BCUT2D eigenvalue weighted by Crippen LogP contribution is 2.18. The lowest BCUT2D eigenvalue weighted by Crippen LogP contribution is -2.26. The standard InChI is InChI=1S/C19H23NO3/c1-4-20(3)19(22)16-6-5-7-17(12-16)23-13-18(21)15-10-8-14(2)9-11-15/h5-12,18,21H,4,13H2,1-3H3. The third kappa shape index (κ3) is 4.57. The Morgan fingerprint density at radius 2 is 1.91 bits per heavy atom. The van der Waals surface area contributed by atoms with Crippen molar-refractivity contribution in [3.05, 3.63) is 65.2 Å². The summed E-state index contributed by atoms with van der Waals surface area (Å²) in [6.45, 7) is 4.72. The van der Waals surface area contributed by atoms with Gasteiger partial charge in [0.2, 0.25) is 0 Å². The Hall–Kier alpha value is -2.33. The van der Waals surface area contributed by atoms with Crippen LogP contribution in [-0.2, 0) is 0 Å². The first-order valence-corrected chi connectivity index (χ1v) is 7.74. The summed E-state index contributed by atoms with van der Waals surface area (Å²) in [7, 11) is 1.76. The summed E-state index contributed by atoms with van der Waals surface area (Å²) in [4.78, 5) is 13.8. The number of rotatable bonds is 6. The molecule has 0 aliphatic carbocycles. The van der Waals surface area contributed by atoms with Crippen molar-refractivity contribution in [2.45, 2.75) is 20.0 Å². The van der Waals surface area contributed by atoms with Crippen molar-refractivity contribution in [3.63, 3.8) is 0 Å². The Kier molecular flexibility index (Phi) is 5.77. The normalized spacial score (nSPS) is 11.8. The molecule has 0 spiro atoms. The van der Waals surface area contributed by atoms with Crippen LogP contribution in [0.4, 0.5) is 0 Å². The number of aliphatic hydroxyl groups excluding tert-OH is 1. The molecule has 23 heavy (non-hydrogen) atoms. The SMILES string of the molecule is CCN(C)C(=O)c1cccc(OCC(O)c2ccc(C)cc2)c1. The fourth-order valence-corrected chi connectivity index (χ4v) is 2.14.